The lowest BCUT2D eigenvalue weighted by atomic mass is 9.87. The van der Waals surface area contributed by atoms with Crippen LogP contribution in [0, 0.1) is 0 Å². The third-order valence-corrected chi connectivity index (χ3v) is 5.60. The summed E-state index contributed by atoms with van der Waals surface area (Å²) in [6, 6.07) is 8.64. The van der Waals surface area contributed by atoms with E-state index in [9.17, 15) is 4.79 Å². The van der Waals surface area contributed by atoms with Crippen molar-refractivity contribution in [1.29, 1.82) is 0 Å². The SMILES string of the molecule is CCCCc1n[nH]c(=O)c(Cl)c1SCc1ccc(C(C)(C)C)cc1. The van der Waals surface area contributed by atoms with Crippen molar-refractivity contribution in [2.75, 3.05) is 0 Å². The minimum Gasteiger partial charge on any atom is -0.266 e. The normalized spacial score (nSPS) is 11.7. The summed E-state index contributed by atoms with van der Waals surface area (Å²) in [7, 11) is 0. The molecule has 0 saturated heterocycles. The van der Waals surface area contributed by atoms with E-state index < -0.39 is 0 Å². The topological polar surface area (TPSA) is 45.8 Å². The number of hydrogen-bond donors (Lipinski definition) is 1. The maximum atomic E-state index is 11.8. The Balaban J connectivity index is 2.16. The van der Waals surface area contributed by atoms with Crippen LogP contribution < -0.4 is 5.56 Å². The number of hydrogen-bond acceptors (Lipinski definition) is 3. The Morgan fingerprint density at radius 3 is 2.46 bits per heavy atom. The smallest absolute Gasteiger partial charge is 0.266 e. The fourth-order valence-corrected chi connectivity index (χ4v) is 3.72. The predicted octanol–water partition coefficient (Wildman–Crippen LogP) is 5.36. The molecule has 0 spiro atoms. The van der Waals surface area contributed by atoms with Gasteiger partial charge in [-0.05, 0) is 29.4 Å². The van der Waals surface area contributed by atoms with E-state index >= 15 is 0 Å². The lowest BCUT2D eigenvalue weighted by Crippen LogP contribution is -2.13. The molecule has 1 heterocycles. The fourth-order valence-electron chi connectivity index (χ4n) is 2.36. The van der Waals surface area contributed by atoms with Gasteiger partial charge in [-0.25, -0.2) is 5.10 Å². The van der Waals surface area contributed by atoms with Gasteiger partial charge in [0, 0.05) is 5.75 Å². The Morgan fingerprint density at radius 2 is 1.88 bits per heavy atom. The minimum absolute atomic E-state index is 0.152. The van der Waals surface area contributed by atoms with Crippen molar-refractivity contribution in [3.05, 3.63) is 56.5 Å². The zero-order valence-electron chi connectivity index (χ0n) is 14.8. The van der Waals surface area contributed by atoms with Crippen LogP contribution in [0.25, 0.3) is 0 Å². The molecule has 5 heteroatoms. The first-order valence-electron chi connectivity index (χ1n) is 8.32. The van der Waals surface area contributed by atoms with Gasteiger partial charge in [0.15, 0.2) is 0 Å². The molecule has 0 radical (unpaired) electrons. The molecule has 0 aliphatic rings. The largest absolute Gasteiger partial charge is 0.284 e. The lowest BCUT2D eigenvalue weighted by Gasteiger charge is -2.19. The van der Waals surface area contributed by atoms with Crippen molar-refractivity contribution in [2.24, 2.45) is 0 Å². The van der Waals surface area contributed by atoms with Crippen molar-refractivity contribution in [3.63, 3.8) is 0 Å². The van der Waals surface area contributed by atoms with Gasteiger partial charge in [-0.15, -0.1) is 11.8 Å². The van der Waals surface area contributed by atoms with Gasteiger partial charge in [0.05, 0.1) is 10.6 Å². The van der Waals surface area contributed by atoms with E-state index in [0.717, 1.165) is 35.6 Å². The molecule has 1 N–H and O–H groups in total. The maximum Gasteiger partial charge on any atom is 0.284 e. The van der Waals surface area contributed by atoms with Crippen LogP contribution in [0.1, 0.15) is 57.4 Å². The van der Waals surface area contributed by atoms with Crippen LogP contribution in [0.15, 0.2) is 34.0 Å². The second kappa shape index (κ2) is 8.21. The van der Waals surface area contributed by atoms with E-state index in [1.807, 2.05) is 0 Å². The van der Waals surface area contributed by atoms with E-state index in [1.165, 1.54) is 11.1 Å². The highest BCUT2D eigenvalue weighted by molar-refractivity contribution is 7.98. The summed E-state index contributed by atoms with van der Waals surface area (Å²) in [6.07, 6.45) is 2.94. The molecule has 0 aliphatic carbocycles. The van der Waals surface area contributed by atoms with Crippen LogP contribution in [0.4, 0.5) is 0 Å². The minimum atomic E-state index is -0.317. The standard InChI is InChI=1S/C19H25ClN2OS/c1-5-6-7-15-17(16(20)18(23)22-21-15)24-12-13-8-10-14(11-9-13)19(2,3)4/h8-11H,5-7,12H2,1-4H3,(H,22,23). The molecule has 0 aliphatic heterocycles. The van der Waals surface area contributed by atoms with E-state index in [-0.39, 0.29) is 16.0 Å². The van der Waals surface area contributed by atoms with Crippen LogP contribution in [0.2, 0.25) is 5.02 Å². The van der Waals surface area contributed by atoms with Gasteiger partial charge >= 0.3 is 0 Å². The predicted molar refractivity (Wildman–Crippen MR) is 103 cm³/mol. The second-order valence-corrected chi connectivity index (χ2v) is 8.35. The molecule has 2 rings (SSSR count). The summed E-state index contributed by atoms with van der Waals surface area (Å²) in [5, 5.41) is 6.94. The highest BCUT2D eigenvalue weighted by atomic mass is 35.5. The van der Waals surface area contributed by atoms with E-state index in [4.69, 9.17) is 11.6 Å². The first kappa shape index (κ1) is 19.1. The third-order valence-electron chi connectivity index (χ3n) is 3.92. The number of H-pyrrole nitrogens is 1. The van der Waals surface area contributed by atoms with Gasteiger partial charge in [0.1, 0.15) is 5.02 Å². The van der Waals surface area contributed by atoms with Crippen LogP contribution in [0.3, 0.4) is 0 Å². The average Bonchev–Trinajstić information content (AvgIpc) is 2.54. The second-order valence-electron chi connectivity index (χ2n) is 6.98. The molecule has 0 atom stereocenters. The lowest BCUT2D eigenvalue weighted by molar-refractivity contribution is 0.590. The fraction of sp³-hybridized carbons (Fsp3) is 0.474. The first-order chi connectivity index (χ1) is 11.3. The summed E-state index contributed by atoms with van der Waals surface area (Å²) in [5.74, 6) is 0.772. The third kappa shape index (κ3) is 4.87. The number of aryl methyl sites for hydroxylation is 1. The monoisotopic (exact) mass is 364 g/mol. The van der Waals surface area contributed by atoms with Crippen molar-refractivity contribution in [3.8, 4) is 0 Å². The Bertz CT molecular complexity index is 733. The molecule has 24 heavy (non-hydrogen) atoms. The maximum absolute atomic E-state index is 11.8. The van der Waals surface area contributed by atoms with E-state index in [1.54, 1.807) is 11.8 Å². The summed E-state index contributed by atoms with van der Waals surface area (Å²) < 4.78 is 0. The molecular formula is C19H25ClN2OS. The zero-order valence-corrected chi connectivity index (χ0v) is 16.4. The Kier molecular flexibility index (Phi) is 6.53. The molecule has 0 unspecified atom stereocenters. The van der Waals surface area contributed by atoms with Crippen molar-refractivity contribution in [2.45, 2.75) is 63.0 Å². The number of thioether (sulfide) groups is 1. The highest BCUT2D eigenvalue weighted by Crippen LogP contribution is 2.31. The van der Waals surface area contributed by atoms with Crippen LogP contribution >= 0.6 is 23.4 Å². The molecule has 3 nitrogen and oxygen atoms in total. The van der Waals surface area contributed by atoms with Gasteiger partial charge in [0.2, 0.25) is 0 Å². The zero-order chi connectivity index (χ0) is 17.7. The molecule has 1 aromatic carbocycles. The van der Waals surface area contributed by atoms with Crippen molar-refractivity contribution >= 4 is 23.4 Å². The summed E-state index contributed by atoms with van der Waals surface area (Å²) in [5.41, 5.74) is 3.25. The summed E-state index contributed by atoms with van der Waals surface area (Å²) in [6.45, 7) is 8.76. The number of nitrogens with zero attached hydrogens (tertiary/aromatic N) is 1. The number of aromatic nitrogens is 2. The molecular weight excluding hydrogens is 340 g/mol. The van der Waals surface area contributed by atoms with Crippen LogP contribution in [-0.4, -0.2) is 10.2 Å². The van der Waals surface area contributed by atoms with Crippen LogP contribution in [-0.2, 0) is 17.6 Å². The molecule has 0 fully saturated rings. The average molecular weight is 365 g/mol. The first-order valence-corrected chi connectivity index (χ1v) is 9.68. The van der Waals surface area contributed by atoms with Crippen LogP contribution in [0.5, 0.6) is 0 Å². The van der Waals surface area contributed by atoms with Gasteiger partial charge in [-0.2, -0.15) is 5.10 Å². The number of nitrogens with one attached hydrogen (secondary N) is 1. The Morgan fingerprint density at radius 1 is 1.21 bits per heavy atom. The van der Waals surface area contributed by atoms with Crippen molar-refractivity contribution in [1.82, 2.24) is 10.2 Å². The molecule has 0 amide bonds. The number of halogens is 1. The number of benzene rings is 1. The quantitative estimate of drug-likeness (QED) is 0.702. The van der Waals surface area contributed by atoms with Gasteiger partial charge in [0.25, 0.3) is 5.56 Å². The Labute approximate surface area is 153 Å². The number of rotatable bonds is 6. The van der Waals surface area contributed by atoms with Gasteiger partial charge in [-0.1, -0.05) is 70.0 Å². The molecule has 2 aromatic rings. The highest BCUT2D eigenvalue weighted by Gasteiger charge is 2.15. The molecule has 0 saturated carbocycles. The van der Waals surface area contributed by atoms with Gasteiger partial charge < -0.3 is 0 Å². The van der Waals surface area contributed by atoms with E-state index in [0.29, 0.717) is 0 Å². The summed E-state index contributed by atoms with van der Waals surface area (Å²) in [4.78, 5) is 12.6. The van der Waals surface area contributed by atoms with E-state index in [2.05, 4.69) is 62.2 Å². The summed E-state index contributed by atoms with van der Waals surface area (Å²) >= 11 is 7.81. The van der Waals surface area contributed by atoms with Gasteiger partial charge in [-0.3, -0.25) is 4.79 Å². The molecule has 0 bridgehead atoms. The Hall–Kier alpha value is -1.26. The van der Waals surface area contributed by atoms with Crippen molar-refractivity contribution < 1.29 is 0 Å². The molecule has 130 valence electrons. The molecule has 1 aromatic heterocycles. The number of aromatic amines is 1. The number of unbranched alkanes of at least 4 members (excludes halogenated alkanes) is 1.